The third-order valence-corrected chi connectivity index (χ3v) is 5.43. The van der Waals surface area contributed by atoms with E-state index in [-0.39, 0.29) is 17.3 Å². The normalized spacial score (nSPS) is 10.5. The van der Waals surface area contributed by atoms with E-state index in [2.05, 4.69) is 36.8 Å². The van der Waals surface area contributed by atoms with Gasteiger partial charge >= 0.3 is 0 Å². The predicted molar refractivity (Wildman–Crippen MR) is 103 cm³/mol. The number of amides is 1. The molecule has 5 nitrogen and oxygen atoms in total. The highest BCUT2D eigenvalue weighted by Gasteiger charge is 2.11. The van der Waals surface area contributed by atoms with Crippen LogP contribution in [0.25, 0.3) is 0 Å². The van der Waals surface area contributed by atoms with Crippen molar-refractivity contribution in [1.29, 1.82) is 0 Å². The molecule has 0 aliphatic heterocycles. The molecule has 0 atom stereocenters. The van der Waals surface area contributed by atoms with E-state index in [9.17, 15) is 9.18 Å². The molecule has 2 N–H and O–H groups in total. The van der Waals surface area contributed by atoms with E-state index in [0.717, 1.165) is 5.69 Å². The fraction of sp³-hybridized carbons (Fsp3) is 0.0625. The Morgan fingerprint density at radius 1 is 1.20 bits per heavy atom. The maximum atomic E-state index is 13.7. The summed E-state index contributed by atoms with van der Waals surface area (Å²) in [6.07, 6.45) is 0. The summed E-state index contributed by atoms with van der Waals surface area (Å²) in [6.45, 7) is 0. The van der Waals surface area contributed by atoms with Gasteiger partial charge in [0, 0.05) is 10.2 Å². The number of thioether (sulfide) groups is 1. The third-order valence-electron chi connectivity index (χ3n) is 2.96. The number of benzene rings is 2. The van der Waals surface area contributed by atoms with Crippen molar-refractivity contribution in [1.82, 2.24) is 10.2 Å². The lowest BCUT2D eigenvalue weighted by Crippen LogP contribution is -2.14. The van der Waals surface area contributed by atoms with Crippen LogP contribution in [0.1, 0.15) is 0 Å². The molecule has 25 heavy (non-hydrogen) atoms. The number of halogens is 2. The Morgan fingerprint density at radius 2 is 2.00 bits per heavy atom. The molecule has 2 aromatic carbocycles. The maximum absolute atomic E-state index is 13.7. The molecule has 0 saturated heterocycles. The van der Waals surface area contributed by atoms with Gasteiger partial charge in [0.15, 0.2) is 4.34 Å². The summed E-state index contributed by atoms with van der Waals surface area (Å²) >= 11 is 5.77. The second-order valence-corrected chi connectivity index (χ2v) is 7.94. The molecule has 0 spiro atoms. The first-order chi connectivity index (χ1) is 12.1. The molecule has 1 amide bonds. The van der Waals surface area contributed by atoms with Crippen molar-refractivity contribution in [2.45, 2.75) is 4.34 Å². The Labute approximate surface area is 160 Å². The number of nitrogens with one attached hydrogen (secondary N) is 2. The lowest BCUT2D eigenvalue weighted by Gasteiger charge is -2.05. The van der Waals surface area contributed by atoms with Crippen molar-refractivity contribution in [2.24, 2.45) is 0 Å². The average Bonchev–Trinajstić information content (AvgIpc) is 3.04. The van der Waals surface area contributed by atoms with Crippen LogP contribution in [-0.4, -0.2) is 21.9 Å². The summed E-state index contributed by atoms with van der Waals surface area (Å²) < 4.78 is 15.0. The number of carbonyl (C=O) groups is 1. The number of nitrogens with zero attached hydrogens (tertiary/aromatic N) is 2. The van der Waals surface area contributed by atoms with E-state index in [0.29, 0.717) is 13.9 Å². The number of hydrogen-bond acceptors (Lipinski definition) is 6. The lowest BCUT2D eigenvalue weighted by molar-refractivity contribution is -0.113. The Bertz CT molecular complexity index is 876. The summed E-state index contributed by atoms with van der Waals surface area (Å²) in [5, 5.41) is 14.4. The summed E-state index contributed by atoms with van der Waals surface area (Å²) in [4.78, 5) is 12.0. The van der Waals surface area contributed by atoms with E-state index in [1.807, 2.05) is 30.3 Å². The van der Waals surface area contributed by atoms with Crippen LogP contribution in [0, 0.1) is 5.82 Å². The molecule has 0 aliphatic carbocycles. The van der Waals surface area contributed by atoms with Crippen LogP contribution >= 0.6 is 39.0 Å². The number of rotatable bonds is 6. The van der Waals surface area contributed by atoms with Crippen LogP contribution in [0.4, 0.5) is 20.9 Å². The fourth-order valence-electron chi connectivity index (χ4n) is 1.87. The number of carbonyl (C=O) groups excluding carboxylic acids is 1. The SMILES string of the molecule is O=C(CSc1nnc(Nc2ccccc2)s1)Nc1ccc(Br)cc1F. The second kappa shape index (κ2) is 8.41. The van der Waals surface area contributed by atoms with Crippen molar-refractivity contribution in [3.63, 3.8) is 0 Å². The Balaban J connectivity index is 1.52. The zero-order valence-corrected chi connectivity index (χ0v) is 15.9. The summed E-state index contributed by atoms with van der Waals surface area (Å²) in [6, 6.07) is 14.1. The quantitative estimate of drug-likeness (QED) is 0.534. The molecule has 0 fully saturated rings. The number of anilines is 3. The van der Waals surface area contributed by atoms with E-state index < -0.39 is 5.82 Å². The molecule has 0 radical (unpaired) electrons. The summed E-state index contributed by atoms with van der Waals surface area (Å²) in [5.41, 5.74) is 1.07. The highest BCUT2D eigenvalue weighted by atomic mass is 79.9. The van der Waals surface area contributed by atoms with E-state index in [1.54, 1.807) is 6.07 Å². The molecule has 0 unspecified atom stereocenters. The van der Waals surface area contributed by atoms with E-state index >= 15 is 0 Å². The molecule has 3 rings (SSSR count). The second-order valence-electron chi connectivity index (χ2n) is 4.83. The molecule has 128 valence electrons. The van der Waals surface area contributed by atoms with Gasteiger partial charge in [-0.05, 0) is 30.3 Å². The van der Waals surface area contributed by atoms with E-state index in [4.69, 9.17) is 0 Å². The van der Waals surface area contributed by atoms with Crippen LogP contribution in [0.15, 0.2) is 57.3 Å². The minimum absolute atomic E-state index is 0.121. The molecule has 0 saturated carbocycles. The summed E-state index contributed by atoms with van der Waals surface area (Å²) in [5.74, 6) is -0.674. The van der Waals surface area contributed by atoms with Crippen LogP contribution in [-0.2, 0) is 4.79 Å². The molecule has 1 aromatic heterocycles. The number of hydrogen-bond donors (Lipinski definition) is 2. The van der Waals surface area contributed by atoms with Gasteiger partial charge in [-0.15, -0.1) is 10.2 Å². The molecule has 1 heterocycles. The molecular formula is C16H12BrFN4OS2. The number of aromatic nitrogens is 2. The van der Waals surface area contributed by atoms with E-state index in [1.165, 1.54) is 35.2 Å². The first-order valence-electron chi connectivity index (χ1n) is 7.13. The van der Waals surface area contributed by atoms with Gasteiger partial charge < -0.3 is 10.6 Å². The van der Waals surface area contributed by atoms with Gasteiger partial charge in [-0.1, -0.05) is 57.2 Å². The lowest BCUT2D eigenvalue weighted by atomic mass is 10.3. The highest BCUT2D eigenvalue weighted by Crippen LogP contribution is 2.28. The molecular weight excluding hydrogens is 427 g/mol. The molecule has 9 heteroatoms. The fourth-order valence-corrected chi connectivity index (χ4v) is 3.77. The standard InChI is InChI=1S/C16H12BrFN4OS2/c17-10-6-7-13(12(18)8-10)20-14(23)9-24-16-22-21-15(25-16)19-11-4-2-1-3-5-11/h1-8H,9H2,(H,19,21)(H,20,23). The van der Waals surface area contributed by atoms with Crippen LogP contribution in [0.2, 0.25) is 0 Å². The minimum Gasteiger partial charge on any atom is -0.330 e. The van der Waals surface area contributed by atoms with Gasteiger partial charge in [0.05, 0.1) is 11.4 Å². The van der Waals surface area contributed by atoms with Crippen LogP contribution < -0.4 is 10.6 Å². The Kier molecular flexibility index (Phi) is 6.00. The molecule has 0 aliphatic rings. The predicted octanol–water partition coefficient (Wildman–Crippen LogP) is 4.91. The highest BCUT2D eigenvalue weighted by molar-refractivity contribution is 9.10. The monoisotopic (exact) mass is 438 g/mol. The zero-order valence-electron chi connectivity index (χ0n) is 12.7. The minimum atomic E-state index is -0.488. The van der Waals surface area contributed by atoms with Crippen molar-refractivity contribution in [3.05, 3.63) is 58.8 Å². The maximum Gasteiger partial charge on any atom is 0.234 e. The van der Waals surface area contributed by atoms with Crippen LogP contribution in [0.3, 0.4) is 0 Å². The van der Waals surface area contributed by atoms with Crippen molar-refractivity contribution < 1.29 is 9.18 Å². The van der Waals surface area contributed by atoms with Crippen molar-refractivity contribution in [2.75, 3.05) is 16.4 Å². The van der Waals surface area contributed by atoms with Crippen molar-refractivity contribution in [3.8, 4) is 0 Å². The first-order valence-corrected chi connectivity index (χ1v) is 9.73. The van der Waals surface area contributed by atoms with Gasteiger partial charge in [0.1, 0.15) is 5.82 Å². The largest absolute Gasteiger partial charge is 0.330 e. The van der Waals surface area contributed by atoms with Gasteiger partial charge in [-0.2, -0.15) is 0 Å². The Hall–Kier alpha value is -1.97. The third kappa shape index (κ3) is 5.25. The summed E-state index contributed by atoms with van der Waals surface area (Å²) in [7, 11) is 0. The smallest absolute Gasteiger partial charge is 0.234 e. The van der Waals surface area contributed by atoms with Gasteiger partial charge in [0.2, 0.25) is 11.0 Å². The van der Waals surface area contributed by atoms with Gasteiger partial charge in [0.25, 0.3) is 0 Å². The van der Waals surface area contributed by atoms with Crippen LogP contribution in [0.5, 0.6) is 0 Å². The first kappa shape index (κ1) is 17.8. The average molecular weight is 439 g/mol. The molecule has 3 aromatic rings. The topological polar surface area (TPSA) is 66.9 Å². The molecule has 0 bridgehead atoms. The van der Waals surface area contributed by atoms with Gasteiger partial charge in [-0.3, -0.25) is 4.79 Å². The zero-order chi connectivity index (χ0) is 17.6. The van der Waals surface area contributed by atoms with Crippen molar-refractivity contribution >= 4 is 61.4 Å². The van der Waals surface area contributed by atoms with Gasteiger partial charge in [-0.25, -0.2) is 4.39 Å². The Morgan fingerprint density at radius 3 is 2.76 bits per heavy atom. The number of para-hydroxylation sites is 1.